The molecule has 2 heterocycles. The molecule has 2 fully saturated rings. The van der Waals surface area contributed by atoms with E-state index in [1.54, 1.807) is 4.90 Å². The molecule has 1 atom stereocenters. The van der Waals surface area contributed by atoms with Crippen LogP contribution in [0.3, 0.4) is 0 Å². The second kappa shape index (κ2) is 7.72. The minimum atomic E-state index is -0.820. The minimum absolute atomic E-state index is 0.00647. The summed E-state index contributed by atoms with van der Waals surface area (Å²) in [6, 6.07) is 7.81. The van der Waals surface area contributed by atoms with Gasteiger partial charge in [0.1, 0.15) is 0 Å². The fourth-order valence-corrected chi connectivity index (χ4v) is 3.84. The number of hydrogen-bond donors (Lipinski definition) is 1. The van der Waals surface area contributed by atoms with Crippen LogP contribution in [0.15, 0.2) is 24.3 Å². The lowest BCUT2D eigenvalue weighted by atomic mass is 9.92. The number of piperidine rings is 1. The van der Waals surface area contributed by atoms with E-state index in [0.717, 1.165) is 44.8 Å². The maximum absolute atomic E-state index is 13.0. The van der Waals surface area contributed by atoms with Crippen LogP contribution in [0.4, 0.5) is 5.69 Å². The summed E-state index contributed by atoms with van der Waals surface area (Å²) in [5.41, 5.74) is 0.937. The Balaban J connectivity index is 1.72. The van der Waals surface area contributed by atoms with Crippen LogP contribution < -0.4 is 4.90 Å². The van der Waals surface area contributed by atoms with Crippen LogP contribution >= 0.6 is 0 Å². The summed E-state index contributed by atoms with van der Waals surface area (Å²) in [5, 5.41) is 10.8. The molecule has 1 N–H and O–H groups in total. The van der Waals surface area contributed by atoms with Crippen LogP contribution in [0.1, 0.15) is 23.2 Å². The second-order valence-corrected chi connectivity index (χ2v) is 7.44. The van der Waals surface area contributed by atoms with Crippen LogP contribution in [0, 0.1) is 0 Å². The monoisotopic (exact) mass is 347 g/mol. The van der Waals surface area contributed by atoms with Crippen LogP contribution in [0.2, 0.25) is 0 Å². The number of morpholine rings is 1. The number of carbonyl (C=O) groups excluding carboxylic acids is 1. The van der Waals surface area contributed by atoms with Gasteiger partial charge in [-0.3, -0.25) is 4.79 Å². The highest BCUT2D eigenvalue weighted by Crippen LogP contribution is 2.25. The van der Waals surface area contributed by atoms with Crippen molar-refractivity contribution in [3.8, 4) is 0 Å². The highest BCUT2D eigenvalue weighted by molar-refractivity contribution is 5.95. The van der Waals surface area contributed by atoms with E-state index in [2.05, 4.69) is 4.90 Å². The summed E-state index contributed by atoms with van der Waals surface area (Å²) in [6.45, 7) is 4.82. The van der Waals surface area contributed by atoms with E-state index in [1.165, 1.54) is 0 Å². The summed E-state index contributed by atoms with van der Waals surface area (Å²) in [6.07, 6.45) is 1.57. The molecule has 0 aromatic heterocycles. The number of β-amino-alcohol motifs (C(OH)–C–C–N with tert-alkyl or cyclic N) is 1. The van der Waals surface area contributed by atoms with Gasteiger partial charge in [-0.1, -0.05) is 6.07 Å². The average Bonchev–Trinajstić information content (AvgIpc) is 2.61. The molecule has 0 spiro atoms. The molecule has 0 unspecified atom stereocenters. The fraction of sp³-hybridized carbons (Fsp3) is 0.632. The maximum atomic E-state index is 13.0. The number of aliphatic hydroxyl groups is 1. The van der Waals surface area contributed by atoms with Crippen molar-refractivity contribution in [2.75, 3.05) is 64.9 Å². The molecule has 0 radical (unpaired) electrons. The molecule has 6 nitrogen and oxygen atoms in total. The van der Waals surface area contributed by atoms with E-state index in [9.17, 15) is 9.90 Å². The predicted molar refractivity (Wildman–Crippen MR) is 98.1 cm³/mol. The number of rotatable bonds is 4. The highest BCUT2D eigenvalue weighted by Gasteiger charge is 2.35. The molecule has 0 aliphatic carbocycles. The molecule has 0 saturated carbocycles. The maximum Gasteiger partial charge on any atom is 0.254 e. The van der Waals surface area contributed by atoms with E-state index >= 15 is 0 Å². The lowest BCUT2D eigenvalue weighted by Crippen LogP contribution is -2.54. The first-order valence-electron chi connectivity index (χ1n) is 9.06. The lowest BCUT2D eigenvalue weighted by Gasteiger charge is -2.40. The number of likely N-dealkylation sites (tertiary alicyclic amines) is 1. The Bertz CT molecular complexity index is 601. The van der Waals surface area contributed by atoms with Crippen molar-refractivity contribution < 1.29 is 14.6 Å². The van der Waals surface area contributed by atoms with E-state index in [4.69, 9.17) is 4.74 Å². The van der Waals surface area contributed by atoms with Crippen molar-refractivity contribution in [2.24, 2.45) is 0 Å². The number of carbonyl (C=O) groups is 1. The smallest absolute Gasteiger partial charge is 0.254 e. The summed E-state index contributed by atoms with van der Waals surface area (Å²) in [7, 11) is 3.90. The zero-order valence-corrected chi connectivity index (χ0v) is 15.3. The third kappa shape index (κ3) is 4.51. The van der Waals surface area contributed by atoms with Crippen LogP contribution in [-0.2, 0) is 4.74 Å². The van der Waals surface area contributed by atoms with E-state index in [-0.39, 0.29) is 5.91 Å². The van der Waals surface area contributed by atoms with Crippen molar-refractivity contribution in [1.82, 2.24) is 9.80 Å². The molecule has 1 amide bonds. The first kappa shape index (κ1) is 18.2. The first-order valence-corrected chi connectivity index (χ1v) is 9.06. The topological polar surface area (TPSA) is 56.2 Å². The number of benzene rings is 1. The van der Waals surface area contributed by atoms with E-state index in [1.807, 2.05) is 43.3 Å². The third-order valence-electron chi connectivity index (χ3n) is 4.92. The normalized spacial score (nSPS) is 24.6. The predicted octanol–water partition coefficient (Wildman–Crippen LogP) is 1.05. The Morgan fingerprint density at radius 3 is 2.76 bits per heavy atom. The Hall–Kier alpha value is -1.63. The molecular formula is C19H29N3O3. The van der Waals surface area contributed by atoms with Gasteiger partial charge in [0, 0.05) is 37.4 Å². The van der Waals surface area contributed by atoms with Crippen LogP contribution in [-0.4, -0.2) is 86.4 Å². The molecule has 6 heteroatoms. The van der Waals surface area contributed by atoms with Crippen LogP contribution in [0.5, 0.6) is 0 Å². The molecule has 1 aromatic rings. The summed E-state index contributed by atoms with van der Waals surface area (Å²) in [4.78, 5) is 19.0. The van der Waals surface area contributed by atoms with Crippen molar-refractivity contribution in [3.63, 3.8) is 0 Å². The van der Waals surface area contributed by atoms with Crippen molar-refractivity contribution in [1.29, 1.82) is 0 Å². The van der Waals surface area contributed by atoms with Gasteiger partial charge in [0.05, 0.1) is 25.4 Å². The van der Waals surface area contributed by atoms with Gasteiger partial charge in [0.2, 0.25) is 0 Å². The van der Waals surface area contributed by atoms with Gasteiger partial charge in [0.15, 0.2) is 0 Å². The SMILES string of the molecule is CN(C)C[C@]1(O)CCCN(C(=O)c2cccc(N3CCOCC3)c2)C1. The standard InChI is InChI=1S/C19H29N3O3/c1-20(2)14-19(24)7-4-8-22(15-19)18(23)16-5-3-6-17(13-16)21-9-11-25-12-10-21/h3,5-6,13,24H,4,7-12,14-15H2,1-2H3/t19-/m1/s1. The Morgan fingerprint density at radius 1 is 1.28 bits per heavy atom. The molecule has 1 aromatic carbocycles. The number of amides is 1. The molecule has 2 aliphatic heterocycles. The number of nitrogens with zero attached hydrogens (tertiary/aromatic N) is 3. The number of ether oxygens (including phenoxy) is 1. The Labute approximate surface area is 150 Å². The van der Waals surface area contributed by atoms with Gasteiger partial charge in [-0.05, 0) is 45.1 Å². The average molecular weight is 347 g/mol. The van der Waals surface area contributed by atoms with Crippen LogP contribution in [0.25, 0.3) is 0 Å². The second-order valence-electron chi connectivity index (χ2n) is 7.44. The number of hydrogen-bond acceptors (Lipinski definition) is 5. The molecule has 0 bridgehead atoms. The lowest BCUT2D eigenvalue weighted by molar-refractivity contribution is -0.0391. The minimum Gasteiger partial charge on any atom is -0.387 e. The molecule has 2 aliphatic rings. The first-order chi connectivity index (χ1) is 12.0. The zero-order chi connectivity index (χ0) is 17.9. The van der Waals surface area contributed by atoms with Gasteiger partial charge >= 0.3 is 0 Å². The van der Waals surface area contributed by atoms with Crippen molar-refractivity contribution in [2.45, 2.75) is 18.4 Å². The zero-order valence-electron chi connectivity index (χ0n) is 15.3. The summed E-state index contributed by atoms with van der Waals surface area (Å²) >= 11 is 0. The van der Waals surface area contributed by atoms with Crippen molar-refractivity contribution in [3.05, 3.63) is 29.8 Å². The molecular weight excluding hydrogens is 318 g/mol. The van der Waals surface area contributed by atoms with Gasteiger partial charge in [-0.15, -0.1) is 0 Å². The van der Waals surface area contributed by atoms with E-state index in [0.29, 0.717) is 25.2 Å². The van der Waals surface area contributed by atoms with Crippen molar-refractivity contribution >= 4 is 11.6 Å². The number of likely N-dealkylation sites (N-methyl/N-ethyl adjacent to an activating group) is 1. The molecule has 25 heavy (non-hydrogen) atoms. The largest absolute Gasteiger partial charge is 0.387 e. The summed E-state index contributed by atoms with van der Waals surface area (Å²) in [5.74, 6) is 0.00647. The Morgan fingerprint density at radius 2 is 2.04 bits per heavy atom. The third-order valence-corrected chi connectivity index (χ3v) is 4.92. The highest BCUT2D eigenvalue weighted by atomic mass is 16.5. The molecule has 138 valence electrons. The fourth-order valence-electron chi connectivity index (χ4n) is 3.84. The van der Waals surface area contributed by atoms with Gasteiger partial charge in [-0.25, -0.2) is 0 Å². The molecule has 3 rings (SSSR count). The van der Waals surface area contributed by atoms with Gasteiger partial charge in [-0.2, -0.15) is 0 Å². The number of anilines is 1. The van der Waals surface area contributed by atoms with Gasteiger partial charge < -0.3 is 24.5 Å². The van der Waals surface area contributed by atoms with Gasteiger partial charge in [0.25, 0.3) is 5.91 Å². The molecule has 2 saturated heterocycles. The quantitative estimate of drug-likeness (QED) is 0.882. The van der Waals surface area contributed by atoms with E-state index < -0.39 is 5.60 Å². The summed E-state index contributed by atoms with van der Waals surface area (Å²) < 4.78 is 5.40. The Kier molecular flexibility index (Phi) is 5.61.